The normalized spacial score (nSPS) is 16.2. The van der Waals surface area contributed by atoms with E-state index < -0.39 is 7.60 Å². The van der Waals surface area contributed by atoms with Crippen molar-refractivity contribution in [3.05, 3.63) is 24.3 Å². The fourth-order valence-electron chi connectivity index (χ4n) is 3.18. The summed E-state index contributed by atoms with van der Waals surface area (Å²) in [5.74, 6) is -0.362. The molecule has 160 valence electrons. The van der Waals surface area contributed by atoms with Gasteiger partial charge in [0.05, 0.1) is 27.7 Å². The number of hydrogen-bond acceptors (Lipinski definition) is 2. The fourth-order valence-corrected chi connectivity index (χ4v) is 5.08. The highest BCUT2D eigenvalue weighted by atomic mass is 31.2. The summed E-state index contributed by atoms with van der Waals surface area (Å²) in [6, 6.07) is 0. The van der Waals surface area contributed by atoms with E-state index in [4.69, 9.17) is 4.52 Å². The van der Waals surface area contributed by atoms with E-state index in [1.807, 2.05) is 28.1 Å². The van der Waals surface area contributed by atoms with Crippen LogP contribution >= 0.6 is 7.60 Å². The molecule has 0 bridgehead atoms. The number of nitrogens with zero attached hydrogens (tertiary/aromatic N) is 1. The Morgan fingerprint density at radius 2 is 1.30 bits per heavy atom. The molecule has 0 heterocycles. The van der Waals surface area contributed by atoms with Crippen LogP contribution in [-0.4, -0.2) is 42.9 Å². The Morgan fingerprint density at radius 3 is 1.70 bits per heavy atom. The fraction of sp³-hybridized carbons (Fsp3) is 0.818. The van der Waals surface area contributed by atoms with E-state index in [9.17, 15) is 9.46 Å². The molecule has 0 radical (unpaired) electrons. The van der Waals surface area contributed by atoms with Crippen LogP contribution in [-0.2, 0) is 9.09 Å². The van der Waals surface area contributed by atoms with Crippen LogP contribution in [0.15, 0.2) is 24.3 Å². The van der Waals surface area contributed by atoms with Gasteiger partial charge in [-0.25, -0.2) is 0 Å². The molecule has 0 aromatic heterocycles. The number of hydrogen-bond donors (Lipinski definition) is 1. The molecule has 2 atom stereocenters. The molecule has 5 heteroatoms. The van der Waals surface area contributed by atoms with Crippen LogP contribution in [0, 0.1) is 0 Å². The molecule has 0 aromatic carbocycles. The number of rotatable bonds is 17. The quantitative estimate of drug-likeness (QED) is 0.128. The number of quaternary nitrogens is 1. The SMILES string of the molecule is CCCC/C=C\CCCC/C=C\CCCCOP(=O)(O)C(CC)[N+](C)(C)C. The van der Waals surface area contributed by atoms with Gasteiger partial charge in [0, 0.05) is 6.42 Å². The second kappa shape index (κ2) is 15.5. The van der Waals surface area contributed by atoms with Crippen LogP contribution in [0.4, 0.5) is 0 Å². The van der Waals surface area contributed by atoms with Crippen molar-refractivity contribution in [2.45, 2.75) is 90.3 Å². The predicted octanol–water partition coefficient (Wildman–Crippen LogP) is 6.66. The van der Waals surface area contributed by atoms with Crippen molar-refractivity contribution in [3.8, 4) is 0 Å². The molecule has 0 saturated carbocycles. The smallest absolute Gasteiger partial charge is 0.320 e. The van der Waals surface area contributed by atoms with E-state index in [0.29, 0.717) is 17.5 Å². The minimum atomic E-state index is -3.56. The van der Waals surface area contributed by atoms with E-state index in [2.05, 4.69) is 31.2 Å². The van der Waals surface area contributed by atoms with Gasteiger partial charge in [-0.05, 0) is 51.4 Å². The van der Waals surface area contributed by atoms with Gasteiger partial charge in [0.15, 0.2) is 5.78 Å². The Labute approximate surface area is 168 Å². The zero-order chi connectivity index (χ0) is 20.6. The molecule has 4 nitrogen and oxygen atoms in total. The van der Waals surface area contributed by atoms with Gasteiger partial charge >= 0.3 is 7.60 Å². The molecule has 0 aromatic rings. The summed E-state index contributed by atoms with van der Waals surface area (Å²) in [5.41, 5.74) is 0. The van der Waals surface area contributed by atoms with Crippen LogP contribution in [0.1, 0.15) is 84.5 Å². The molecule has 0 rings (SSSR count). The topological polar surface area (TPSA) is 46.5 Å². The largest absolute Gasteiger partial charge is 0.385 e. The van der Waals surface area contributed by atoms with Gasteiger partial charge in [-0.15, -0.1) is 0 Å². The Balaban J connectivity index is 3.70. The average Bonchev–Trinajstić information content (AvgIpc) is 2.57. The lowest BCUT2D eigenvalue weighted by Crippen LogP contribution is -2.44. The Hall–Kier alpha value is -0.410. The van der Waals surface area contributed by atoms with Crippen LogP contribution in [0.2, 0.25) is 0 Å². The first kappa shape index (κ1) is 26.6. The summed E-state index contributed by atoms with van der Waals surface area (Å²) in [5, 5.41) is 0. The minimum absolute atomic E-state index is 0.362. The van der Waals surface area contributed by atoms with Gasteiger partial charge in [-0.1, -0.05) is 51.0 Å². The molecule has 0 saturated heterocycles. The second-order valence-electron chi connectivity index (χ2n) is 8.27. The van der Waals surface area contributed by atoms with Crippen molar-refractivity contribution in [2.75, 3.05) is 27.7 Å². The first-order chi connectivity index (χ1) is 12.8. The highest BCUT2D eigenvalue weighted by Crippen LogP contribution is 2.51. The third kappa shape index (κ3) is 14.3. The predicted molar refractivity (Wildman–Crippen MR) is 118 cm³/mol. The van der Waals surface area contributed by atoms with Crippen molar-refractivity contribution in [1.29, 1.82) is 0 Å². The van der Waals surface area contributed by atoms with E-state index in [0.717, 1.165) is 25.7 Å². The van der Waals surface area contributed by atoms with Gasteiger partial charge in [-0.2, -0.15) is 0 Å². The molecule has 0 fully saturated rings. The van der Waals surface area contributed by atoms with Gasteiger partial charge < -0.3 is 13.9 Å². The van der Waals surface area contributed by atoms with E-state index >= 15 is 0 Å². The number of allylic oxidation sites excluding steroid dienone is 4. The summed E-state index contributed by atoms with van der Waals surface area (Å²) >= 11 is 0. The van der Waals surface area contributed by atoms with Crippen LogP contribution in [0.25, 0.3) is 0 Å². The zero-order valence-electron chi connectivity index (χ0n) is 18.5. The van der Waals surface area contributed by atoms with Gasteiger partial charge in [0.2, 0.25) is 0 Å². The maximum absolute atomic E-state index is 12.4. The Bertz CT molecular complexity index is 455. The van der Waals surface area contributed by atoms with Crippen LogP contribution < -0.4 is 0 Å². The molecule has 0 amide bonds. The average molecular weight is 403 g/mol. The second-order valence-corrected chi connectivity index (χ2v) is 10.3. The zero-order valence-corrected chi connectivity index (χ0v) is 19.4. The third-order valence-electron chi connectivity index (χ3n) is 4.73. The molecule has 27 heavy (non-hydrogen) atoms. The van der Waals surface area contributed by atoms with Gasteiger partial charge in [0.1, 0.15) is 0 Å². The summed E-state index contributed by atoms with van der Waals surface area (Å²) in [7, 11) is 2.25. The molecule has 0 aliphatic heterocycles. The Morgan fingerprint density at radius 1 is 0.852 bits per heavy atom. The molecular formula is C22H45NO3P+. The molecule has 2 unspecified atom stereocenters. The maximum Gasteiger partial charge on any atom is 0.385 e. The maximum atomic E-state index is 12.4. The lowest BCUT2D eigenvalue weighted by atomic mass is 10.1. The van der Waals surface area contributed by atoms with Crippen molar-refractivity contribution >= 4 is 7.60 Å². The lowest BCUT2D eigenvalue weighted by Gasteiger charge is -2.35. The van der Waals surface area contributed by atoms with Crippen molar-refractivity contribution in [3.63, 3.8) is 0 Å². The van der Waals surface area contributed by atoms with Gasteiger partial charge in [-0.3, -0.25) is 4.57 Å². The van der Waals surface area contributed by atoms with E-state index in [1.165, 1.54) is 38.5 Å². The summed E-state index contributed by atoms with van der Waals surface area (Å²) in [6.07, 6.45) is 21.3. The molecule has 0 aliphatic carbocycles. The van der Waals surface area contributed by atoms with Crippen LogP contribution in [0.5, 0.6) is 0 Å². The standard InChI is InChI=1S/C22H44NO3P/c1-6-8-9-10-11-12-13-14-15-16-17-18-19-20-21-26-27(24,25)22(7-2)23(3,4)5/h10-11,16-17,22H,6-9,12-15,18-21H2,1-5H3/p+1/b11-10-,17-16-. The van der Waals surface area contributed by atoms with Crippen LogP contribution in [0.3, 0.4) is 0 Å². The van der Waals surface area contributed by atoms with Crippen molar-refractivity contribution in [1.82, 2.24) is 0 Å². The summed E-state index contributed by atoms with van der Waals surface area (Å²) in [4.78, 5) is 10.2. The van der Waals surface area contributed by atoms with Crippen molar-refractivity contribution < 1.29 is 18.5 Å². The number of unbranched alkanes of at least 4 members (excludes halogenated alkanes) is 7. The molecular weight excluding hydrogens is 357 g/mol. The van der Waals surface area contributed by atoms with Crippen molar-refractivity contribution in [2.24, 2.45) is 0 Å². The molecule has 1 N–H and O–H groups in total. The monoisotopic (exact) mass is 402 g/mol. The Kier molecular flexibility index (Phi) is 15.3. The summed E-state index contributed by atoms with van der Waals surface area (Å²) in [6.45, 7) is 4.53. The van der Waals surface area contributed by atoms with Gasteiger partial charge in [0.25, 0.3) is 0 Å². The third-order valence-corrected chi connectivity index (χ3v) is 7.09. The first-order valence-corrected chi connectivity index (χ1v) is 12.5. The lowest BCUT2D eigenvalue weighted by molar-refractivity contribution is -0.883. The minimum Gasteiger partial charge on any atom is -0.320 e. The summed E-state index contributed by atoms with van der Waals surface area (Å²) < 4.78 is 18.3. The van der Waals surface area contributed by atoms with E-state index in [1.54, 1.807) is 0 Å². The highest BCUT2D eigenvalue weighted by molar-refractivity contribution is 7.53. The van der Waals surface area contributed by atoms with E-state index in [-0.39, 0.29) is 5.78 Å². The molecule has 0 spiro atoms. The first-order valence-electron chi connectivity index (χ1n) is 10.8. The molecule has 0 aliphatic rings. The highest BCUT2D eigenvalue weighted by Gasteiger charge is 2.41.